The largest absolute Gasteiger partial charge is 0.339 e. The zero-order valence-corrected chi connectivity index (χ0v) is 11.8. The molecule has 0 aliphatic carbocycles. The van der Waals surface area contributed by atoms with Crippen LogP contribution in [0.3, 0.4) is 0 Å². The molecule has 3 rings (SSSR count). The van der Waals surface area contributed by atoms with Gasteiger partial charge in [0.15, 0.2) is 5.82 Å². The van der Waals surface area contributed by atoms with Crippen LogP contribution in [0, 0.1) is 0 Å². The van der Waals surface area contributed by atoms with Crippen molar-refractivity contribution in [3.05, 3.63) is 24.1 Å². The SMILES string of the molecule is CCc1nc(CN2CCCCC2Cn2ccnn2)no1. The maximum absolute atomic E-state index is 5.18. The van der Waals surface area contributed by atoms with Crippen LogP contribution in [0.25, 0.3) is 0 Å². The molecule has 1 fully saturated rings. The van der Waals surface area contributed by atoms with E-state index < -0.39 is 0 Å². The van der Waals surface area contributed by atoms with Crippen molar-refractivity contribution in [2.45, 2.75) is 51.7 Å². The van der Waals surface area contributed by atoms with Crippen molar-refractivity contribution >= 4 is 0 Å². The maximum Gasteiger partial charge on any atom is 0.226 e. The van der Waals surface area contributed by atoms with Crippen molar-refractivity contribution in [3.63, 3.8) is 0 Å². The van der Waals surface area contributed by atoms with Crippen LogP contribution in [0.4, 0.5) is 0 Å². The monoisotopic (exact) mass is 276 g/mol. The minimum absolute atomic E-state index is 0.467. The van der Waals surface area contributed by atoms with Gasteiger partial charge in [0.1, 0.15) is 0 Å². The molecule has 0 N–H and O–H groups in total. The minimum atomic E-state index is 0.467. The van der Waals surface area contributed by atoms with Gasteiger partial charge in [-0.05, 0) is 19.4 Å². The van der Waals surface area contributed by atoms with Gasteiger partial charge >= 0.3 is 0 Å². The Morgan fingerprint density at radius 1 is 1.40 bits per heavy atom. The van der Waals surface area contributed by atoms with Crippen molar-refractivity contribution in [3.8, 4) is 0 Å². The summed E-state index contributed by atoms with van der Waals surface area (Å²) in [6.45, 7) is 4.72. The first-order valence-corrected chi connectivity index (χ1v) is 7.24. The van der Waals surface area contributed by atoms with Crippen LogP contribution in [0.15, 0.2) is 16.9 Å². The van der Waals surface area contributed by atoms with Crippen LogP contribution < -0.4 is 0 Å². The van der Waals surface area contributed by atoms with E-state index in [9.17, 15) is 0 Å². The van der Waals surface area contributed by atoms with Gasteiger partial charge in [0.2, 0.25) is 5.89 Å². The van der Waals surface area contributed by atoms with E-state index in [-0.39, 0.29) is 0 Å². The Kier molecular flexibility index (Phi) is 4.05. The normalized spacial score (nSPS) is 20.4. The van der Waals surface area contributed by atoms with Crippen molar-refractivity contribution in [2.24, 2.45) is 0 Å². The summed E-state index contributed by atoms with van der Waals surface area (Å²) in [6.07, 6.45) is 8.10. The van der Waals surface area contributed by atoms with Crippen LogP contribution in [0.5, 0.6) is 0 Å². The van der Waals surface area contributed by atoms with Crippen molar-refractivity contribution in [1.82, 2.24) is 30.0 Å². The number of hydrogen-bond acceptors (Lipinski definition) is 6. The Bertz CT molecular complexity index is 523. The van der Waals surface area contributed by atoms with Crippen LogP contribution in [0.1, 0.15) is 37.9 Å². The standard InChI is InChI=1S/C13H20N6O/c1-2-13-15-12(16-20-13)10-18-7-4-3-5-11(18)9-19-8-6-14-17-19/h6,8,11H,2-5,7,9-10H2,1H3. The van der Waals surface area contributed by atoms with Crippen molar-refractivity contribution in [2.75, 3.05) is 6.54 Å². The lowest BCUT2D eigenvalue weighted by molar-refractivity contribution is 0.117. The molecule has 0 amide bonds. The van der Waals surface area contributed by atoms with Crippen LogP contribution in [-0.2, 0) is 19.5 Å². The molecule has 1 atom stereocenters. The molecule has 20 heavy (non-hydrogen) atoms. The molecular weight excluding hydrogens is 256 g/mol. The predicted octanol–water partition coefficient (Wildman–Crippen LogP) is 1.28. The molecule has 0 bridgehead atoms. The van der Waals surface area contributed by atoms with Gasteiger partial charge in [-0.15, -0.1) is 5.10 Å². The fourth-order valence-electron chi connectivity index (χ4n) is 2.70. The molecule has 1 saturated heterocycles. The van der Waals surface area contributed by atoms with E-state index in [4.69, 9.17) is 4.52 Å². The highest BCUT2D eigenvalue weighted by Gasteiger charge is 2.24. The maximum atomic E-state index is 5.18. The fraction of sp³-hybridized carbons (Fsp3) is 0.692. The lowest BCUT2D eigenvalue weighted by Crippen LogP contribution is -2.41. The van der Waals surface area contributed by atoms with E-state index in [1.54, 1.807) is 6.20 Å². The van der Waals surface area contributed by atoms with E-state index in [1.165, 1.54) is 19.3 Å². The minimum Gasteiger partial charge on any atom is -0.339 e. The number of likely N-dealkylation sites (tertiary alicyclic amines) is 1. The lowest BCUT2D eigenvalue weighted by Gasteiger charge is -2.34. The molecule has 0 aromatic carbocycles. The number of aromatic nitrogens is 5. The van der Waals surface area contributed by atoms with Gasteiger partial charge in [0.05, 0.1) is 19.3 Å². The molecule has 0 spiro atoms. The molecule has 0 saturated carbocycles. The summed E-state index contributed by atoms with van der Waals surface area (Å²) in [7, 11) is 0. The highest BCUT2D eigenvalue weighted by atomic mass is 16.5. The average molecular weight is 276 g/mol. The van der Waals surface area contributed by atoms with E-state index in [2.05, 4.69) is 25.4 Å². The zero-order valence-electron chi connectivity index (χ0n) is 11.8. The van der Waals surface area contributed by atoms with Gasteiger partial charge in [-0.25, -0.2) is 0 Å². The number of rotatable bonds is 5. The molecule has 3 heterocycles. The first-order chi connectivity index (χ1) is 9.85. The Morgan fingerprint density at radius 3 is 3.10 bits per heavy atom. The Balaban J connectivity index is 1.65. The molecule has 7 nitrogen and oxygen atoms in total. The summed E-state index contributed by atoms with van der Waals surface area (Å²) < 4.78 is 7.08. The smallest absolute Gasteiger partial charge is 0.226 e. The third-order valence-corrected chi connectivity index (χ3v) is 3.78. The topological polar surface area (TPSA) is 72.9 Å². The third kappa shape index (κ3) is 3.04. The summed E-state index contributed by atoms with van der Waals surface area (Å²) in [5, 5.41) is 12.0. The Hall–Kier alpha value is -1.76. The molecule has 7 heteroatoms. The van der Waals surface area contributed by atoms with E-state index >= 15 is 0 Å². The second kappa shape index (κ2) is 6.13. The molecule has 1 unspecified atom stereocenters. The van der Waals surface area contributed by atoms with Gasteiger partial charge in [-0.2, -0.15) is 4.98 Å². The number of hydrogen-bond donors (Lipinski definition) is 0. The molecule has 1 aliphatic heterocycles. The van der Waals surface area contributed by atoms with Gasteiger partial charge in [-0.1, -0.05) is 23.7 Å². The second-order valence-corrected chi connectivity index (χ2v) is 5.20. The molecule has 2 aromatic heterocycles. The number of aryl methyl sites for hydroxylation is 1. The van der Waals surface area contributed by atoms with Gasteiger partial charge in [0.25, 0.3) is 0 Å². The highest BCUT2D eigenvalue weighted by molar-refractivity contribution is 4.88. The molecule has 2 aromatic rings. The summed E-state index contributed by atoms with van der Waals surface area (Å²) >= 11 is 0. The summed E-state index contributed by atoms with van der Waals surface area (Å²) in [4.78, 5) is 6.83. The lowest BCUT2D eigenvalue weighted by atomic mass is 10.0. The summed E-state index contributed by atoms with van der Waals surface area (Å²) in [6, 6.07) is 0.467. The second-order valence-electron chi connectivity index (χ2n) is 5.20. The van der Waals surface area contributed by atoms with E-state index in [1.807, 2.05) is 17.8 Å². The number of nitrogens with zero attached hydrogens (tertiary/aromatic N) is 6. The summed E-state index contributed by atoms with van der Waals surface area (Å²) in [5.74, 6) is 1.50. The van der Waals surface area contributed by atoms with Gasteiger partial charge < -0.3 is 4.52 Å². The van der Waals surface area contributed by atoms with Crippen LogP contribution >= 0.6 is 0 Å². The van der Waals surface area contributed by atoms with E-state index in [0.717, 1.165) is 31.9 Å². The third-order valence-electron chi connectivity index (χ3n) is 3.78. The molecule has 0 radical (unpaired) electrons. The van der Waals surface area contributed by atoms with Crippen molar-refractivity contribution < 1.29 is 4.52 Å². The molecule has 108 valence electrons. The Morgan fingerprint density at radius 2 is 2.35 bits per heavy atom. The van der Waals surface area contributed by atoms with Gasteiger partial charge in [-0.3, -0.25) is 9.58 Å². The molecular formula is C13H20N6O. The first kappa shape index (κ1) is 13.2. The average Bonchev–Trinajstić information content (AvgIpc) is 3.12. The highest BCUT2D eigenvalue weighted by Crippen LogP contribution is 2.20. The predicted molar refractivity (Wildman–Crippen MR) is 71.7 cm³/mol. The number of piperidine rings is 1. The summed E-state index contributed by atoms with van der Waals surface area (Å²) in [5.41, 5.74) is 0. The molecule has 1 aliphatic rings. The quantitative estimate of drug-likeness (QED) is 0.819. The van der Waals surface area contributed by atoms with Gasteiger partial charge in [0, 0.05) is 18.7 Å². The van der Waals surface area contributed by atoms with E-state index in [0.29, 0.717) is 11.9 Å². The van der Waals surface area contributed by atoms with Crippen LogP contribution in [-0.4, -0.2) is 42.6 Å². The Labute approximate surface area is 118 Å². The fourth-order valence-corrected chi connectivity index (χ4v) is 2.70. The zero-order chi connectivity index (χ0) is 13.8. The van der Waals surface area contributed by atoms with Crippen LogP contribution in [0.2, 0.25) is 0 Å². The first-order valence-electron chi connectivity index (χ1n) is 7.24. The van der Waals surface area contributed by atoms with Crippen molar-refractivity contribution in [1.29, 1.82) is 0 Å².